The number of hydrogen-bond acceptors (Lipinski definition) is 6. The smallest absolute Gasteiger partial charge is 0.266 e. The third kappa shape index (κ3) is 2.54. The fraction of sp³-hybridized carbons (Fsp3) is 0.471. The number of anilines is 1. The molecule has 1 amide bonds. The van der Waals surface area contributed by atoms with E-state index in [-0.39, 0.29) is 17.5 Å². The first kappa shape index (κ1) is 14.8. The molecule has 2 aromatic rings. The van der Waals surface area contributed by atoms with Crippen LogP contribution >= 0.6 is 0 Å². The van der Waals surface area contributed by atoms with E-state index in [9.17, 15) is 10.1 Å². The zero-order chi connectivity index (χ0) is 16.7. The maximum atomic E-state index is 12.3. The van der Waals surface area contributed by atoms with Crippen molar-refractivity contribution in [2.24, 2.45) is 11.8 Å². The topological polar surface area (TPSA) is 86.5 Å². The quantitative estimate of drug-likeness (QED) is 0.858. The molecule has 2 fully saturated rings. The van der Waals surface area contributed by atoms with Crippen LogP contribution in [0, 0.1) is 23.2 Å². The molecule has 124 valence electrons. The van der Waals surface area contributed by atoms with Crippen LogP contribution in [-0.2, 0) is 4.79 Å². The highest BCUT2D eigenvalue weighted by Crippen LogP contribution is 2.39. The molecule has 0 bridgehead atoms. The first-order chi connectivity index (χ1) is 11.7. The Hall–Kier alpha value is -2.75. The number of piperazine rings is 1. The zero-order valence-corrected chi connectivity index (χ0v) is 13.4. The van der Waals surface area contributed by atoms with Gasteiger partial charge in [0, 0.05) is 32.1 Å². The van der Waals surface area contributed by atoms with Gasteiger partial charge in [-0.2, -0.15) is 10.2 Å². The summed E-state index contributed by atoms with van der Waals surface area (Å²) in [5.74, 6) is 2.24. The standard InChI is InChI=1S/C17H18N4O3/c1-11-9-12(11)16(22)20-4-6-21(7-5-20)17-13(10-18)19-15(24-17)14-3-2-8-23-14/h2-3,8,11-12H,4-7,9H2,1H3. The number of oxazole rings is 1. The van der Waals surface area contributed by atoms with Crippen LogP contribution in [0.25, 0.3) is 11.7 Å². The monoisotopic (exact) mass is 326 g/mol. The minimum absolute atomic E-state index is 0.210. The van der Waals surface area contributed by atoms with Crippen LogP contribution in [0.5, 0.6) is 0 Å². The second-order valence-corrected chi connectivity index (χ2v) is 6.39. The van der Waals surface area contributed by atoms with Crippen LogP contribution in [0.2, 0.25) is 0 Å². The number of nitriles is 1. The molecular formula is C17H18N4O3. The van der Waals surface area contributed by atoms with Gasteiger partial charge < -0.3 is 18.6 Å². The molecule has 2 aliphatic rings. The van der Waals surface area contributed by atoms with E-state index in [4.69, 9.17) is 8.83 Å². The molecule has 0 spiro atoms. The molecule has 0 N–H and O–H groups in total. The van der Waals surface area contributed by atoms with Gasteiger partial charge in [-0.15, -0.1) is 0 Å². The van der Waals surface area contributed by atoms with Crippen LogP contribution in [0.4, 0.5) is 5.88 Å². The van der Waals surface area contributed by atoms with E-state index in [1.165, 1.54) is 6.26 Å². The van der Waals surface area contributed by atoms with E-state index in [0.29, 0.717) is 49.6 Å². The van der Waals surface area contributed by atoms with Gasteiger partial charge in [0.15, 0.2) is 5.76 Å². The van der Waals surface area contributed by atoms with Gasteiger partial charge >= 0.3 is 0 Å². The molecule has 1 aliphatic carbocycles. The highest BCUT2D eigenvalue weighted by Gasteiger charge is 2.42. The molecule has 3 heterocycles. The average Bonchev–Trinajstić information content (AvgIpc) is 3.03. The van der Waals surface area contributed by atoms with Crippen molar-refractivity contribution in [1.29, 1.82) is 5.26 Å². The summed E-state index contributed by atoms with van der Waals surface area (Å²) in [4.78, 5) is 20.4. The van der Waals surface area contributed by atoms with Gasteiger partial charge in [0.05, 0.1) is 6.26 Å². The minimum Gasteiger partial charge on any atom is -0.459 e. The summed E-state index contributed by atoms with van der Waals surface area (Å²) in [7, 11) is 0. The Kier molecular flexibility index (Phi) is 3.53. The average molecular weight is 326 g/mol. The first-order valence-corrected chi connectivity index (χ1v) is 8.16. The first-order valence-electron chi connectivity index (χ1n) is 8.16. The lowest BCUT2D eigenvalue weighted by atomic mass is 10.2. The molecule has 2 aromatic heterocycles. The van der Waals surface area contributed by atoms with Gasteiger partial charge in [-0.3, -0.25) is 4.79 Å². The lowest BCUT2D eigenvalue weighted by Crippen LogP contribution is -2.49. The largest absolute Gasteiger partial charge is 0.459 e. The zero-order valence-electron chi connectivity index (χ0n) is 13.4. The molecule has 1 saturated carbocycles. The Morgan fingerprint density at radius 3 is 2.71 bits per heavy atom. The van der Waals surface area contributed by atoms with Crippen molar-refractivity contribution < 1.29 is 13.6 Å². The fourth-order valence-electron chi connectivity index (χ4n) is 3.14. The number of amides is 1. The number of nitrogens with zero attached hydrogens (tertiary/aromatic N) is 4. The summed E-state index contributed by atoms with van der Waals surface area (Å²) < 4.78 is 11.0. The SMILES string of the molecule is CC1CC1C(=O)N1CCN(c2oc(-c3ccco3)nc2C#N)CC1. The molecule has 2 atom stereocenters. The lowest BCUT2D eigenvalue weighted by molar-refractivity contribution is -0.133. The van der Waals surface area contributed by atoms with Crippen molar-refractivity contribution >= 4 is 11.8 Å². The minimum atomic E-state index is 0.210. The summed E-state index contributed by atoms with van der Waals surface area (Å²) in [6, 6.07) is 5.56. The molecule has 7 heteroatoms. The van der Waals surface area contributed by atoms with Crippen molar-refractivity contribution in [2.45, 2.75) is 13.3 Å². The van der Waals surface area contributed by atoms with E-state index in [0.717, 1.165) is 6.42 Å². The second kappa shape index (κ2) is 5.71. The predicted octanol–water partition coefficient (Wildman–Crippen LogP) is 2.11. The third-order valence-corrected chi connectivity index (χ3v) is 4.75. The maximum Gasteiger partial charge on any atom is 0.266 e. The van der Waals surface area contributed by atoms with Gasteiger partial charge in [0.2, 0.25) is 17.5 Å². The van der Waals surface area contributed by atoms with Gasteiger partial charge in [-0.1, -0.05) is 6.92 Å². The van der Waals surface area contributed by atoms with Gasteiger partial charge in [0.25, 0.3) is 5.89 Å². The van der Waals surface area contributed by atoms with Crippen molar-refractivity contribution in [1.82, 2.24) is 9.88 Å². The van der Waals surface area contributed by atoms with Crippen molar-refractivity contribution in [2.75, 3.05) is 31.1 Å². The number of carbonyl (C=O) groups excluding carboxylic acids is 1. The van der Waals surface area contributed by atoms with Gasteiger partial charge in [-0.05, 0) is 24.5 Å². The number of carbonyl (C=O) groups is 1. The van der Waals surface area contributed by atoms with Crippen molar-refractivity contribution in [3.8, 4) is 17.7 Å². The number of rotatable bonds is 3. The molecule has 1 aliphatic heterocycles. The Bertz CT molecular complexity index is 781. The van der Waals surface area contributed by atoms with Crippen LogP contribution in [0.15, 0.2) is 27.2 Å². The second-order valence-electron chi connectivity index (χ2n) is 6.39. The summed E-state index contributed by atoms with van der Waals surface area (Å²) >= 11 is 0. The molecule has 0 radical (unpaired) electrons. The van der Waals surface area contributed by atoms with E-state index in [1.54, 1.807) is 12.1 Å². The number of hydrogen-bond donors (Lipinski definition) is 0. The molecule has 1 saturated heterocycles. The summed E-state index contributed by atoms with van der Waals surface area (Å²) in [6.07, 6.45) is 2.54. The van der Waals surface area contributed by atoms with Crippen LogP contribution in [-0.4, -0.2) is 42.0 Å². The predicted molar refractivity (Wildman–Crippen MR) is 85.0 cm³/mol. The number of aromatic nitrogens is 1. The van der Waals surface area contributed by atoms with E-state index in [2.05, 4.69) is 18.0 Å². The van der Waals surface area contributed by atoms with E-state index < -0.39 is 0 Å². The van der Waals surface area contributed by atoms with Gasteiger partial charge in [-0.25, -0.2) is 0 Å². The fourth-order valence-corrected chi connectivity index (χ4v) is 3.14. The highest BCUT2D eigenvalue weighted by atomic mass is 16.4. The van der Waals surface area contributed by atoms with E-state index >= 15 is 0 Å². The molecule has 2 unspecified atom stereocenters. The molecule has 24 heavy (non-hydrogen) atoms. The summed E-state index contributed by atoms with van der Waals surface area (Å²) in [5.41, 5.74) is 0.247. The summed E-state index contributed by atoms with van der Waals surface area (Å²) in [5, 5.41) is 9.32. The van der Waals surface area contributed by atoms with Crippen LogP contribution in [0.3, 0.4) is 0 Å². The molecule has 4 rings (SSSR count). The van der Waals surface area contributed by atoms with E-state index in [1.807, 2.05) is 9.80 Å². The number of furan rings is 1. The molecular weight excluding hydrogens is 308 g/mol. The highest BCUT2D eigenvalue weighted by molar-refractivity contribution is 5.81. The lowest BCUT2D eigenvalue weighted by Gasteiger charge is -2.34. The van der Waals surface area contributed by atoms with Crippen molar-refractivity contribution in [3.63, 3.8) is 0 Å². The Morgan fingerprint density at radius 2 is 2.12 bits per heavy atom. The Balaban J connectivity index is 1.47. The van der Waals surface area contributed by atoms with Crippen LogP contribution < -0.4 is 4.90 Å². The third-order valence-electron chi connectivity index (χ3n) is 4.75. The molecule has 7 nitrogen and oxygen atoms in total. The van der Waals surface area contributed by atoms with Crippen molar-refractivity contribution in [3.05, 3.63) is 24.1 Å². The van der Waals surface area contributed by atoms with Crippen LogP contribution in [0.1, 0.15) is 19.0 Å². The Labute approximate surface area is 139 Å². The Morgan fingerprint density at radius 1 is 1.38 bits per heavy atom. The normalized spacial score (nSPS) is 23.2. The summed E-state index contributed by atoms with van der Waals surface area (Å²) in [6.45, 7) is 4.67. The van der Waals surface area contributed by atoms with Gasteiger partial charge in [0.1, 0.15) is 6.07 Å². The molecule has 0 aromatic carbocycles. The maximum absolute atomic E-state index is 12.3.